The highest BCUT2D eigenvalue weighted by Crippen LogP contribution is 2.27. The third-order valence-corrected chi connectivity index (χ3v) is 5.85. The van der Waals surface area contributed by atoms with Crippen molar-refractivity contribution < 1.29 is 4.79 Å². The van der Waals surface area contributed by atoms with Crippen LogP contribution in [-0.2, 0) is 4.79 Å². The van der Waals surface area contributed by atoms with Gasteiger partial charge in [-0.15, -0.1) is 10.2 Å². The second-order valence-corrected chi connectivity index (χ2v) is 8.05. The summed E-state index contributed by atoms with van der Waals surface area (Å²) in [5, 5.41) is 9.69. The molecule has 0 fully saturated rings. The van der Waals surface area contributed by atoms with Gasteiger partial charge in [-0.25, -0.2) is 9.66 Å². The Kier molecular flexibility index (Phi) is 5.69. The molecule has 0 atom stereocenters. The van der Waals surface area contributed by atoms with Gasteiger partial charge in [0, 0.05) is 11.3 Å². The average molecular weight is 455 g/mol. The Morgan fingerprint density at radius 1 is 0.879 bits per heavy atom. The van der Waals surface area contributed by atoms with Gasteiger partial charge in [-0.2, -0.15) is 0 Å². The molecule has 2 aromatic heterocycles. The van der Waals surface area contributed by atoms with E-state index in [0.29, 0.717) is 21.9 Å². The molecule has 1 amide bonds. The van der Waals surface area contributed by atoms with Gasteiger partial charge in [0.05, 0.1) is 16.7 Å². The van der Waals surface area contributed by atoms with Gasteiger partial charge in [-0.05, 0) is 24.3 Å². The number of fused-ring (bicyclic) bond motifs is 1. The first-order valence-corrected chi connectivity index (χ1v) is 11.1. The van der Waals surface area contributed by atoms with E-state index in [0.717, 1.165) is 15.9 Å². The molecule has 3 aromatic carbocycles. The summed E-state index contributed by atoms with van der Waals surface area (Å²) in [6.07, 6.45) is 1.31. The van der Waals surface area contributed by atoms with Gasteiger partial charge in [0.1, 0.15) is 6.33 Å². The third-order valence-electron chi connectivity index (χ3n) is 4.92. The number of aromatic nitrogens is 5. The highest BCUT2D eigenvalue weighted by Gasteiger charge is 2.17. The van der Waals surface area contributed by atoms with Crippen molar-refractivity contribution in [2.24, 2.45) is 0 Å². The minimum absolute atomic E-state index is 0.0407. The van der Waals surface area contributed by atoms with E-state index in [1.807, 2.05) is 65.2 Å². The quantitative estimate of drug-likeness (QED) is 0.395. The highest BCUT2D eigenvalue weighted by molar-refractivity contribution is 7.99. The monoisotopic (exact) mass is 454 g/mol. The summed E-state index contributed by atoms with van der Waals surface area (Å²) in [6.45, 7) is 0. The second-order valence-electron chi connectivity index (χ2n) is 7.10. The zero-order chi connectivity index (χ0) is 22.6. The first kappa shape index (κ1) is 20.7. The van der Waals surface area contributed by atoms with Gasteiger partial charge in [-0.3, -0.25) is 19.6 Å². The van der Waals surface area contributed by atoms with E-state index in [-0.39, 0.29) is 17.2 Å². The fourth-order valence-corrected chi connectivity index (χ4v) is 4.14. The average Bonchev–Trinajstić information content (AvgIpc) is 3.30. The van der Waals surface area contributed by atoms with E-state index in [2.05, 4.69) is 20.6 Å². The van der Waals surface area contributed by atoms with Gasteiger partial charge < -0.3 is 0 Å². The van der Waals surface area contributed by atoms with E-state index in [9.17, 15) is 9.59 Å². The summed E-state index contributed by atoms with van der Waals surface area (Å²) in [5.41, 5.74) is 4.64. The Balaban J connectivity index is 1.39. The maximum Gasteiger partial charge on any atom is 0.280 e. The summed E-state index contributed by atoms with van der Waals surface area (Å²) in [7, 11) is 0. The van der Waals surface area contributed by atoms with E-state index in [4.69, 9.17) is 0 Å². The predicted octanol–water partition coefficient (Wildman–Crippen LogP) is 3.51. The van der Waals surface area contributed by atoms with Crippen molar-refractivity contribution in [2.45, 2.75) is 5.16 Å². The van der Waals surface area contributed by atoms with Crippen molar-refractivity contribution in [1.82, 2.24) is 24.4 Å². The van der Waals surface area contributed by atoms with Crippen LogP contribution in [0.3, 0.4) is 0 Å². The zero-order valence-corrected chi connectivity index (χ0v) is 18.1. The first-order chi connectivity index (χ1) is 16.2. The number of carbonyl (C=O) groups is 1. The topological polar surface area (TPSA) is 94.7 Å². The lowest BCUT2D eigenvalue weighted by molar-refractivity contribution is -0.114. The molecule has 0 saturated carbocycles. The smallest absolute Gasteiger partial charge is 0.272 e. The van der Waals surface area contributed by atoms with E-state index in [1.165, 1.54) is 18.1 Å². The van der Waals surface area contributed by atoms with Crippen LogP contribution in [0.5, 0.6) is 0 Å². The molecular weight excluding hydrogens is 436 g/mol. The number of nitrogens with one attached hydrogen (secondary N) is 1. The molecule has 0 saturated heterocycles. The molecule has 0 aliphatic carbocycles. The van der Waals surface area contributed by atoms with Gasteiger partial charge >= 0.3 is 0 Å². The Morgan fingerprint density at radius 3 is 2.36 bits per heavy atom. The summed E-state index contributed by atoms with van der Waals surface area (Å²) < 4.78 is 3.01. The van der Waals surface area contributed by atoms with Crippen molar-refractivity contribution in [2.75, 3.05) is 11.2 Å². The van der Waals surface area contributed by atoms with Gasteiger partial charge in [0.2, 0.25) is 5.91 Å². The Labute approximate surface area is 192 Å². The fraction of sp³-hybridized carbons (Fsp3) is 0.0417. The summed E-state index contributed by atoms with van der Waals surface area (Å²) in [5.74, 6) is 0.363. The molecule has 5 rings (SSSR count). The molecule has 33 heavy (non-hydrogen) atoms. The molecule has 2 heterocycles. The van der Waals surface area contributed by atoms with Gasteiger partial charge in [0.15, 0.2) is 11.0 Å². The molecule has 8 nitrogen and oxygen atoms in total. The van der Waals surface area contributed by atoms with Crippen molar-refractivity contribution in [1.29, 1.82) is 0 Å². The Bertz CT molecular complexity index is 1480. The molecule has 0 unspecified atom stereocenters. The van der Waals surface area contributed by atoms with E-state index >= 15 is 0 Å². The maximum absolute atomic E-state index is 12.6. The van der Waals surface area contributed by atoms with Crippen molar-refractivity contribution in [3.05, 3.63) is 102 Å². The van der Waals surface area contributed by atoms with Crippen molar-refractivity contribution in [3.63, 3.8) is 0 Å². The lowest BCUT2D eigenvalue weighted by atomic mass is 10.2. The largest absolute Gasteiger partial charge is 0.280 e. The van der Waals surface area contributed by atoms with Crippen LogP contribution >= 0.6 is 11.8 Å². The molecule has 162 valence electrons. The van der Waals surface area contributed by atoms with Gasteiger partial charge in [-0.1, -0.05) is 72.4 Å². The second kappa shape index (κ2) is 9.09. The SMILES string of the molecule is O=C(CSc1nnc(-c2ccccc2)n1-c1ccccc1)Nn1cnc2ccccc2c1=O. The van der Waals surface area contributed by atoms with Crippen LogP contribution in [-0.4, -0.2) is 36.1 Å². The number of hydrogen-bond acceptors (Lipinski definition) is 6. The summed E-state index contributed by atoms with van der Waals surface area (Å²) >= 11 is 1.24. The lowest BCUT2D eigenvalue weighted by Crippen LogP contribution is -2.34. The lowest BCUT2D eigenvalue weighted by Gasteiger charge is -2.11. The van der Waals surface area contributed by atoms with E-state index in [1.54, 1.807) is 24.3 Å². The minimum atomic E-state index is -0.358. The van der Waals surface area contributed by atoms with Crippen LogP contribution in [0, 0.1) is 0 Å². The molecule has 5 aromatic rings. The number of para-hydroxylation sites is 2. The fourth-order valence-electron chi connectivity index (χ4n) is 3.39. The normalized spacial score (nSPS) is 10.9. The molecule has 0 spiro atoms. The number of benzene rings is 3. The number of nitrogens with zero attached hydrogens (tertiary/aromatic N) is 5. The van der Waals surface area contributed by atoms with Gasteiger partial charge in [0.25, 0.3) is 5.56 Å². The Morgan fingerprint density at radius 2 is 1.58 bits per heavy atom. The van der Waals surface area contributed by atoms with Crippen LogP contribution in [0.4, 0.5) is 0 Å². The molecule has 1 N–H and O–H groups in total. The number of thioether (sulfide) groups is 1. The predicted molar refractivity (Wildman–Crippen MR) is 128 cm³/mol. The number of carbonyl (C=O) groups excluding carboxylic acids is 1. The zero-order valence-electron chi connectivity index (χ0n) is 17.3. The van der Waals surface area contributed by atoms with Crippen LogP contribution in [0.1, 0.15) is 0 Å². The molecule has 9 heteroatoms. The molecule has 0 bridgehead atoms. The van der Waals surface area contributed by atoms with Crippen molar-refractivity contribution >= 4 is 28.6 Å². The standard InChI is InChI=1S/C24H18N6O2S/c31-21(28-29-16-25-20-14-8-7-13-19(20)23(29)32)15-33-24-27-26-22(17-9-3-1-4-10-17)30(24)18-11-5-2-6-12-18/h1-14,16H,15H2,(H,28,31). The molecular formula is C24H18N6O2S. The summed E-state index contributed by atoms with van der Waals surface area (Å²) in [4.78, 5) is 29.5. The number of hydrogen-bond donors (Lipinski definition) is 1. The molecule has 0 aliphatic heterocycles. The van der Waals surface area contributed by atoms with Crippen LogP contribution in [0.15, 0.2) is 101 Å². The first-order valence-electron chi connectivity index (χ1n) is 10.2. The molecule has 0 radical (unpaired) electrons. The number of amides is 1. The third kappa shape index (κ3) is 4.26. The Hall–Kier alpha value is -4.24. The van der Waals surface area contributed by atoms with Crippen molar-refractivity contribution in [3.8, 4) is 17.1 Å². The number of rotatable bonds is 6. The highest BCUT2D eigenvalue weighted by atomic mass is 32.2. The van der Waals surface area contributed by atoms with Crippen LogP contribution in [0.2, 0.25) is 0 Å². The molecule has 0 aliphatic rings. The summed E-state index contributed by atoms with van der Waals surface area (Å²) in [6, 6.07) is 26.5. The van der Waals surface area contributed by atoms with Crippen LogP contribution in [0.25, 0.3) is 28.0 Å². The van der Waals surface area contributed by atoms with E-state index < -0.39 is 0 Å². The van der Waals surface area contributed by atoms with Crippen LogP contribution < -0.4 is 11.0 Å². The maximum atomic E-state index is 12.6. The minimum Gasteiger partial charge on any atom is -0.272 e.